The molecule has 21 heavy (non-hydrogen) atoms. The third kappa shape index (κ3) is 4.61. The van der Waals surface area contributed by atoms with Crippen LogP contribution < -0.4 is 10.1 Å². The molecule has 0 bridgehead atoms. The molecule has 110 valence electrons. The Labute approximate surface area is 127 Å². The van der Waals surface area contributed by atoms with Gasteiger partial charge in [-0.2, -0.15) is 0 Å². The molecule has 1 N–H and O–H groups in total. The monoisotopic (exact) mass is 304 g/mol. The fraction of sp³-hybridized carbons (Fsp3) is 0.200. The maximum atomic E-state index is 12.0. The van der Waals surface area contributed by atoms with Gasteiger partial charge in [0.1, 0.15) is 5.75 Å². The Hall–Kier alpha value is -2.34. The predicted molar refractivity (Wildman–Crippen MR) is 82.4 cm³/mol. The molecule has 1 aromatic heterocycles. The molecule has 0 spiro atoms. The number of anilines is 1. The van der Waals surface area contributed by atoms with Gasteiger partial charge < -0.3 is 15.0 Å². The molecule has 0 aliphatic heterocycles. The predicted octanol–water partition coefficient (Wildman–Crippen LogP) is 2.35. The van der Waals surface area contributed by atoms with Crippen LogP contribution in [0.1, 0.15) is 4.88 Å². The Morgan fingerprint density at radius 3 is 2.95 bits per heavy atom. The van der Waals surface area contributed by atoms with Crippen LogP contribution in [0.2, 0.25) is 0 Å². The zero-order valence-electron chi connectivity index (χ0n) is 11.6. The quantitative estimate of drug-likeness (QED) is 0.799. The van der Waals surface area contributed by atoms with E-state index in [1.54, 1.807) is 47.5 Å². The van der Waals surface area contributed by atoms with Crippen LogP contribution in [-0.2, 0) is 16.1 Å². The number of benzene rings is 1. The van der Waals surface area contributed by atoms with Gasteiger partial charge in [0.15, 0.2) is 6.61 Å². The Morgan fingerprint density at radius 2 is 2.24 bits per heavy atom. The lowest BCUT2D eigenvalue weighted by molar-refractivity contribution is -0.132. The van der Waals surface area contributed by atoms with Crippen molar-refractivity contribution in [3.05, 3.63) is 46.7 Å². The maximum Gasteiger partial charge on any atom is 0.260 e. The Kier molecular flexibility index (Phi) is 5.34. The summed E-state index contributed by atoms with van der Waals surface area (Å²) in [5.41, 5.74) is 0.627. The number of carbonyl (C=O) groups excluding carboxylic acids is 2. The van der Waals surface area contributed by atoms with Gasteiger partial charge in [-0.3, -0.25) is 9.59 Å². The van der Waals surface area contributed by atoms with Crippen LogP contribution >= 0.6 is 11.3 Å². The molecule has 0 unspecified atom stereocenters. The van der Waals surface area contributed by atoms with Crippen LogP contribution in [0.5, 0.6) is 5.75 Å². The topological polar surface area (TPSA) is 58.6 Å². The van der Waals surface area contributed by atoms with Crippen molar-refractivity contribution in [2.24, 2.45) is 0 Å². The number of nitrogens with zero attached hydrogens (tertiary/aromatic N) is 1. The molecule has 2 rings (SSSR count). The van der Waals surface area contributed by atoms with Gasteiger partial charge in [-0.05, 0) is 23.6 Å². The molecule has 6 heteroatoms. The molecule has 2 amide bonds. The van der Waals surface area contributed by atoms with Crippen LogP contribution in [0, 0.1) is 0 Å². The van der Waals surface area contributed by atoms with Gasteiger partial charge in [0.2, 0.25) is 6.41 Å². The third-order valence-corrected chi connectivity index (χ3v) is 3.68. The first-order chi connectivity index (χ1) is 10.2. The largest absolute Gasteiger partial charge is 0.484 e. The van der Waals surface area contributed by atoms with Crippen LogP contribution in [-0.4, -0.2) is 30.9 Å². The van der Waals surface area contributed by atoms with E-state index in [4.69, 9.17) is 4.74 Å². The minimum absolute atomic E-state index is 0.0353. The number of carbonyl (C=O) groups is 2. The number of hydrogen-bond donors (Lipinski definition) is 1. The Balaban J connectivity index is 1.85. The number of amides is 2. The lowest BCUT2D eigenvalue weighted by atomic mass is 10.3. The summed E-state index contributed by atoms with van der Waals surface area (Å²) < 4.78 is 5.45. The average Bonchev–Trinajstić information content (AvgIpc) is 2.98. The number of ether oxygens (including phenoxy) is 1. The first-order valence-electron chi connectivity index (χ1n) is 6.38. The summed E-state index contributed by atoms with van der Waals surface area (Å²) in [4.78, 5) is 25.1. The van der Waals surface area contributed by atoms with Crippen molar-refractivity contribution in [2.45, 2.75) is 6.54 Å². The molecule has 1 heterocycles. The van der Waals surface area contributed by atoms with Gasteiger partial charge in [-0.1, -0.05) is 12.1 Å². The summed E-state index contributed by atoms with van der Waals surface area (Å²) in [6.07, 6.45) is 0.596. The molecular formula is C15H16N2O3S. The average molecular weight is 304 g/mol. The number of thiophene rings is 1. The molecule has 0 saturated carbocycles. The Bertz CT molecular complexity index is 599. The molecule has 0 atom stereocenters. The molecule has 0 aliphatic carbocycles. The second kappa shape index (κ2) is 7.44. The molecule has 1 aromatic carbocycles. The van der Waals surface area contributed by atoms with Crippen LogP contribution in [0.3, 0.4) is 0 Å². The van der Waals surface area contributed by atoms with Crippen molar-refractivity contribution in [1.82, 2.24) is 4.90 Å². The van der Waals surface area contributed by atoms with E-state index in [0.717, 1.165) is 4.88 Å². The second-order valence-electron chi connectivity index (χ2n) is 4.41. The molecule has 0 radical (unpaired) electrons. The molecular weight excluding hydrogens is 288 g/mol. The number of likely N-dealkylation sites (N-methyl/N-ethyl adjacent to an activating group) is 1. The smallest absolute Gasteiger partial charge is 0.260 e. The first-order valence-corrected chi connectivity index (χ1v) is 7.26. The van der Waals surface area contributed by atoms with Gasteiger partial charge >= 0.3 is 0 Å². The highest BCUT2D eigenvalue weighted by Crippen LogP contribution is 2.17. The van der Waals surface area contributed by atoms with Gasteiger partial charge in [0.25, 0.3) is 5.91 Å². The maximum absolute atomic E-state index is 12.0. The molecule has 0 fully saturated rings. The fourth-order valence-electron chi connectivity index (χ4n) is 1.72. The third-order valence-electron chi connectivity index (χ3n) is 2.82. The van der Waals surface area contributed by atoms with E-state index >= 15 is 0 Å². The highest BCUT2D eigenvalue weighted by molar-refractivity contribution is 7.09. The standard InChI is InChI=1S/C15H16N2O3S/c1-17(9-14-6-3-7-21-14)15(19)10-20-13-5-2-4-12(8-13)16-11-18/h2-8,11H,9-10H2,1H3,(H,16,18). The van der Waals surface area contributed by atoms with Gasteiger partial charge in [-0.15, -0.1) is 11.3 Å². The van der Waals surface area contributed by atoms with E-state index < -0.39 is 0 Å². The normalized spacial score (nSPS) is 9.95. The van der Waals surface area contributed by atoms with Crippen LogP contribution in [0.15, 0.2) is 41.8 Å². The van der Waals surface area contributed by atoms with E-state index in [2.05, 4.69) is 5.32 Å². The summed E-state index contributed by atoms with van der Waals surface area (Å²) in [5, 5.41) is 4.52. The highest BCUT2D eigenvalue weighted by atomic mass is 32.1. The van der Waals surface area contributed by atoms with Crippen molar-refractivity contribution in [1.29, 1.82) is 0 Å². The zero-order valence-corrected chi connectivity index (χ0v) is 12.4. The van der Waals surface area contributed by atoms with Crippen LogP contribution in [0.25, 0.3) is 0 Å². The van der Waals surface area contributed by atoms with Crippen LogP contribution in [0.4, 0.5) is 5.69 Å². The van der Waals surface area contributed by atoms with Crippen molar-refractivity contribution in [3.8, 4) is 5.75 Å². The molecule has 0 aliphatic rings. The number of rotatable bonds is 7. The lowest BCUT2D eigenvalue weighted by Crippen LogP contribution is -2.30. The minimum Gasteiger partial charge on any atom is -0.484 e. The fourth-order valence-corrected chi connectivity index (χ4v) is 2.48. The van der Waals surface area contributed by atoms with E-state index in [9.17, 15) is 9.59 Å². The zero-order chi connectivity index (χ0) is 15.1. The molecule has 2 aromatic rings. The first kappa shape index (κ1) is 15.1. The summed E-state index contributed by atoms with van der Waals surface area (Å²) in [6, 6.07) is 10.8. The SMILES string of the molecule is CN(Cc1cccs1)C(=O)COc1cccc(NC=O)c1. The lowest BCUT2D eigenvalue weighted by Gasteiger charge is -2.16. The van der Waals surface area contributed by atoms with E-state index in [1.807, 2.05) is 17.5 Å². The van der Waals surface area contributed by atoms with Crippen molar-refractivity contribution < 1.29 is 14.3 Å². The number of hydrogen-bond acceptors (Lipinski definition) is 4. The van der Waals surface area contributed by atoms with Crippen molar-refractivity contribution in [3.63, 3.8) is 0 Å². The van der Waals surface area contributed by atoms with Crippen molar-refractivity contribution >= 4 is 29.3 Å². The van der Waals surface area contributed by atoms with Gasteiger partial charge in [0.05, 0.1) is 6.54 Å². The van der Waals surface area contributed by atoms with E-state index in [-0.39, 0.29) is 12.5 Å². The minimum atomic E-state index is -0.0999. The summed E-state index contributed by atoms with van der Waals surface area (Å²) in [6.45, 7) is 0.541. The second-order valence-corrected chi connectivity index (χ2v) is 5.44. The summed E-state index contributed by atoms with van der Waals surface area (Å²) in [5.74, 6) is 0.442. The Morgan fingerprint density at radius 1 is 1.38 bits per heavy atom. The molecule has 5 nitrogen and oxygen atoms in total. The van der Waals surface area contributed by atoms with E-state index in [1.165, 1.54) is 0 Å². The van der Waals surface area contributed by atoms with Gasteiger partial charge in [-0.25, -0.2) is 0 Å². The highest BCUT2D eigenvalue weighted by Gasteiger charge is 2.10. The molecule has 0 saturated heterocycles. The number of nitrogens with one attached hydrogen (secondary N) is 1. The van der Waals surface area contributed by atoms with Crippen molar-refractivity contribution in [2.75, 3.05) is 19.0 Å². The van der Waals surface area contributed by atoms with E-state index in [0.29, 0.717) is 24.4 Å². The summed E-state index contributed by atoms with van der Waals surface area (Å²) >= 11 is 1.61. The summed E-state index contributed by atoms with van der Waals surface area (Å²) in [7, 11) is 1.75. The van der Waals surface area contributed by atoms with Gasteiger partial charge in [0, 0.05) is 23.7 Å².